The number of fused-ring (bicyclic) bond motifs is 1. The van der Waals surface area contributed by atoms with Gasteiger partial charge in [-0.05, 0) is 23.6 Å². The molecule has 3 rings (SSSR count). The topological polar surface area (TPSA) is 95.4 Å². The van der Waals surface area contributed by atoms with E-state index in [4.69, 9.17) is 11.6 Å². The number of aromatic amines is 1. The van der Waals surface area contributed by atoms with E-state index < -0.39 is 11.2 Å². The van der Waals surface area contributed by atoms with E-state index >= 15 is 0 Å². The van der Waals surface area contributed by atoms with E-state index in [-0.39, 0.29) is 27.9 Å². The molecule has 0 aliphatic carbocycles. The fraction of sp³-hybridized carbons (Fsp3) is 0.316. The molecule has 0 bridgehead atoms. The molecule has 148 valence electrons. The average molecular weight is 422 g/mol. The van der Waals surface area contributed by atoms with Crippen LogP contribution in [0, 0.1) is 5.92 Å². The van der Waals surface area contributed by atoms with Gasteiger partial charge in [-0.15, -0.1) is 11.3 Å². The van der Waals surface area contributed by atoms with E-state index in [1.165, 1.54) is 6.07 Å². The molecule has 28 heavy (non-hydrogen) atoms. The molecular formula is C19H20ClN3O4S. The van der Waals surface area contributed by atoms with Crippen LogP contribution in [-0.4, -0.2) is 39.1 Å². The van der Waals surface area contributed by atoms with Crippen molar-refractivity contribution in [3.8, 4) is 5.69 Å². The van der Waals surface area contributed by atoms with Gasteiger partial charge in [0.25, 0.3) is 11.5 Å². The van der Waals surface area contributed by atoms with Crippen LogP contribution < -0.4 is 11.2 Å². The number of nitrogens with zero attached hydrogens (tertiary/aromatic N) is 2. The van der Waals surface area contributed by atoms with Gasteiger partial charge in [0.1, 0.15) is 4.34 Å². The maximum Gasteiger partial charge on any atom is 0.333 e. The molecule has 2 heterocycles. The Labute approximate surface area is 169 Å². The third-order valence-electron chi connectivity index (χ3n) is 4.29. The standard InChI is InChI=1S/C19H20ClN3O4S/c1-10(2)8-22(3)17(25)14-7-13(16(20)28-14)23-18(26)15-11(9-24)5-4-6-12(15)21-19(23)27/h4-7,10,24H,8-9H2,1-3H3,(H,21,27). The van der Waals surface area contributed by atoms with Gasteiger partial charge in [-0.25, -0.2) is 9.36 Å². The third-order valence-corrected chi connectivity index (χ3v) is 5.61. The molecule has 7 nitrogen and oxygen atoms in total. The number of amides is 1. The Kier molecular flexibility index (Phi) is 5.74. The second-order valence-corrected chi connectivity index (χ2v) is 8.57. The molecule has 0 atom stereocenters. The first-order chi connectivity index (χ1) is 13.2. The van der Waals surface area contributed by atoms with Gasteiger partial charge in [-0.1, -0.05) is 37.6 Å². The Morgan fingerprint density at radius 2 is 2.07 bits per heavy atom. The smallest absolute Gasteiger partial charge is 0.333 e. The predicted molar refractivity (Wildman–Crippen MR) is 111 cm³/mol. The quantitative estimate of drug-likeness (QED) is 0.662. The van der Waals surface area contributed by atoms with Crippen molar-refractivity contribution in [2.75, 3.05) is 13.6 Å². The number of aromatic nitrogens is 2. The van der Waals surface area contributed by atoms with Crippen molar-refractivity contribution in [1.29, 1.82) is 0 Å². The fourth-order valence-electron chi connectivity index (χ4n) is 3.12. The van der Waals surface area contributed by atoms with Gasteiger partial charge >= 0.3 is 5.69 Å². The Hall–Kier alpha value is -2.42. The number of hydrogen-bond donors (Lipinski definition) is 2. The van der Waals surface area contributed by atoms with Crippen LogP contribution in [0.2, 0.25) is 4.34 Å². The zero-order valence-corrected chi connectivity index (χ0v) is 17.2. The molecule has 0 unspecified atom stereocenters. The van der Waals surface area contributed by atoms with Crippen molar-refractivity contribution in [3.05, 3.63) is 59.9 Å². The molecule has 1 amide bonds. The number of aliphatic hydroxyl groups excluding tert-OH is 1. The first kappa shape index (κ1) is 20.3. The monoisotopic (exact) mass is 421 g/mol. The first-order valence-electron chi connectivity index (χ1n) is 8.67. The van der Waals surface area contributed by atoms with Crippen LogP contribution in [0.4, 0.5) is 0 Å². The van der Waals surface area contributed by atoms with Crippen LogP contribution in [-0.2, 0) is 6.61 Å². The molecule has 0 fully saturated rings. The van der Waals surface area contributed by atoms with E-state index in [2.05, 4.69) is 4.98 Å². The van der Waals surface area contributed by atoms with Crippen LogP contribution in [0.5, 0.6) is 0 Å². The van der Waals surface area contributed by atoms with Crippen molar-refractivity contribution in [3.63, 3.8) is 0 Å². The summed E-state index contributed by atoms with van der Waals surface area (Å²) in [6, 6.07) is 6.30. The Bertz CT molecular complexity index is 1160. The molecule has 3 aromatic rings. The minimum Gasteiger partial charge on any atom is -0.392 e. The average Bonchev–Trinajstić information content (AvgIpc) is 3.01. The molecule has 0 saturated heterocycles. The number of carbonyl (C=O) groups is 1. The number of H-pyrrole nitrogens is 1. The van der Waals surface area contributed by atoms with Gasteiger partial charge < -0.3 is 15.0 Å². The molecule has 0 saturated carbocycles. The molecule has 1 aromatic carbocycles. The molecular weight excluding hydrogens is 402 g/mol. The lowest BCUT2D eigenvalue weighted by Crippen LogP contribution is -2.34. The zero-order valence-electron chi connectivity index (χ0n) is 15.7. The number of halogens is 1. The maximum absolute atomic E-state index is 13.0. The number of nitrogens with one attached hydrogen (secondary N) is 1. The normalized spacial score (nSPS) is 11.4. The number of benzene rings is 1. The second kappa shape index (κ2) is 7.90. The van der Waals surface area contributed by atoms with E-state index in [0.29, 0.717) is 28.4 Å². The number of thiophene rings is 1. The van der Waals surface area contributed by atoms with Crippen LogP contribution in [0.1, 0.15) is 29.1 Å². The zero-order chi connectivity index (χ0) is 20.6. The Morgan fingerprint density at radius 3 is 2.71 bits per heavy atom. The number of hydrogen-bond acceptors (Lipinski definition) is 5. The van der Waals surface area contributed by atoms with Crippen molar-refractivity contribution >= 4 is 39.7 Å². The van der Waals surface area contributed by atoms with E-state index in [9.17, 15) is 19.5 Å². The lowest BCUT2D eigenvalue weighted by Gasteiger charge is -2.18. The molecule has 0 radical (unpaired) electrons. The van der Waals surface area contributed by atoms with Gasteiger partial charge in [-0.2, -0.15) is 0 Å². The summed E-state index contributed by atoms with van der Waals surface area (Å²) < 4.78 is 1.06. The summed E-state index contributed by atoms with van der Waals surface area (Å²) >= 11 is 7.31. The summed E-state index contributed by atoms with van der Waals surface area (Å²) in [4.78, 5) is 42.8. The molecule has 9 heteroatoms. The summed E-state index contributed by atoms with van der Waals surface area (Å²) in [6.45, 7) is 4.23. The predicted octanol–water partition coefficient (Wildman–Crippen LogP) is 2.61. The molecule has 0 aliphatic heterocycles. The molecule has 0 aliphatic rings. The summed E-state index contributed by atoms with van der Waals surface area (Å²) in [5.74, 6) is 0.0693. The van der Waals surface area contributed by atoms with Crippen molar-refractivity contribution in [2.45, 2.75) is 20.5 Å². The van der Waals surface area contributed by atoms with Gasteiger partial charge in [-0.3, -0.25) is 9.59 Å². The van der Waals surface area contributed by atoms with Crippen molar-refractivity contribution in [1.82, 2.24) is 14.5 Å². The van der Waals surface area contributed by atoms with Crippen LogP contribution >= 0.6 is 22.9 Å². The van der Waals surface area contributed by atoms with Crippen LogP contribution in [0.15, 0.2) is 33.9 Å². The van der Waals surface area contributed by atoms with E-state index in [1.54, 1.807) is 30.1 Å². The summed E-state index contributed by atoms with van der Waals surface area (Å²) in [5.41, 5.74) is -0.391. The third kappa shape index (κ3) is 3.63. The first-order valence-corrected chi connectivity index (χ1v) is 9.87. The second-order valence-electron chi connectivity index (χ2n) is 6.92. The number of carbonyl (C=O) groups excluding carboxylic acids is 1. The van der Waals surface area contributed by atoms with Gasteiger partial charge in [0.15, 0.2) is 0 Å². The number of rotatable bonds is 5. The van der Waals surface area contributed by atoms with Gasteiger partial charge in [0.05, 0.1) is 28.1 Å². The van der Waals surface area contributed by atoms with Crippen LogP contribution in [0.25, 0.3) is 16.6 Å². The van der Waals surface area contributed by atoms with Gasteiger partial charge in [0.2, 0.25) is 0 Å². The minimum atomic E-state index is -0.665. The molecule has 2 N–H and O–H groups in total. The lowest BCUT2D eigenvalue weighted by atomic mass is 10.1. The minimum absolute atomic E-state index is 0.147. The summed E-state index contributed by atoms with van der Waals surface area (Å²) in [7, 11) is 1.69. The Balaban J connectivity index is 2.16. The lowest BCUT2D eigenvalue weighted by molar-refractivity contribution is 0.0784. The molecule has 0 spiro atoms. The summed E-state index contributed by atoms with van der Waals surface area (Å²) in [5, 5.41) is 9.75. The van der Waals surface area contributed by atoms with Crippen molar-refractivity contribution in [2.24, 2.45) is 5.92 Å². The maximum atomic E-state index is 13.0. The highest BCUT2D eigenvalue weighted by molar-refractivity contribution is 7.18. The van der Waals surface area contributed by atoms with Crippen LogP contribution in [0.3, 0.4) is 0 Å². The van der Waals surface area contributed by atoms with E-state index in [0.717, 1.165) is 15.9 Å². The van der Waals surface area contributed by atoms with Crippen molar-refractivity contribution < 1.29 is 9.90 Å². The fourth-order valence-corrected chi connectivity index (χ4v) is 4.37. The van der Waals surface area contributed by atoms with E-state index in [1.807, 2.05) is 13.8 Å². The largest absolute Gasteiger partial charge is 0.392 e. The number of aliphatic hydroxyl groups is 1. The highest BCUT2D eigenvalue weighted by Gasteiger charge is 2.21. The summed E-state index contributed by atoms with van der Waals surface area (Å²) in [6.07, 6.45) is 0. The Morgan fingerprint density at radius 1 is 1.36 bits per heavy atom. The molecule has 2 aromatic heterocycles. The SMILES string of the molecule is CC(C)CN(C)C(=O)c1cc(-n2c(=O)[nH]c3cccc(CO)c3c2=O)c(Cl)s1. The highest BCUT2D eigenvalue weighted by Crippen LogP contribution is 2.30. The van der Waals surface area contributed by atoms with Gasteiger partial charge in [0, 0.05) is 13.6 Å². The highest BCUT2D eigenvalue weighted by atomic mass is 35.5.